The molecule has 8 nitrogen and oxygen atoms in total. The number of aromatic nitrogens is 4. The molecule has 1 saturated carbocycles. The van der Waals surface area contributed by atoms with Gasteiger partial charge in [0.2, 0.25) is 0 Å². The zero-order valence-corrected chi connectivity index (χ0v) is 20.2. The summed E-state index contributed by atoms with van der Waals surface area (Å²) in [7, 11) is 1.96. The van der Waals surface area contributed by atoms with Crippen LogP contribution in [0.1, 0.15) is 50.7 Å². The minimum Gasteiger partial charge on any atom is -0.443 e. The van der Waals surface area contributed by atoms with Crippen molar-refractivity contribution in [1.82, 2.24) is 19.5 Å². The summed E-state index contributed by atoms with van der Waals surface area (Å²) in [5.74, 6) is 1.12. The molecular weight excluding hydrogens is 440 g/mol. The number of benzene rings is 1. The normalized spacial score (nSPS) is 13.5. The molecule has 0 N–H and O–H groups in total. The van der Waals surface area contributed by atoms with Crippen molar-refractivity contribution in [3.05, 3.63) is 66.1 Å². The highest BCUT2D eigenvalue weighted by atomic mass is 16.6. The van der Waals surface area contributed by atoms with Crippen LogP contribution in [0.25, 0.3) is 22.3 Å². The van der Waals surface area contributed by atoms with Gasteiger partial charge in [0.15, 0.2) is 0 Å². The number of pyridine rings is 2. The monoisotopic (exact) mass is 466 g/mol. The Bertz CT molecular complexity index is 1470. The van der Waals surface area contributed by atoms with Gasteiger partial charge in [-0.2, -0.15) is 5.26 Å². The van der Waals surface area contributed by atoms with E-state index in [1.807, 2.05) is 50.6 Å². The van der Waals surface area contributed by atoms with Crippen LogP contribution >= 0.6 is 0 Å². The lowest BCUT2D eigenvalue weighted by Crippen LogP contribution is -2.35. The molecule has 1 aromatic carbocycles. The Hall–Kier alpha value is -4.25. The standard InChI is InChI=1S/C27H26N6O2/c1-27(2,3)35-26(34)33(24-11-17(15-28)9-10-29-24)25-14-20(18-5-6-18)12-22(31-25)19-7-8-21-23(13-19)32(4)16-30-21/h7-14,16,18H,5-6H2,1-4H3. The maximum absolute atomic E-state index is 13.4. The van der Waals surface area contributed by atoms with Crippen LogP contribution in [0.5, 0.6) is 0 Å². The van der Waals surface area contributed by atoms with Gasteiger partial charge in [-0.3, -0.25) is 0 Å². The van der Waals surface area contributed by atoms with Gasteiger partial charge in [-0.1, -0.05) is 6.07 Å². The van der Waals surface area contributed by atoms with E-state index >= 15 is 0 Å². The van der Waals surface area contributed by atoms with Gasteiger partial charge >= 0.3 is 6.09 Å². The number of nitriles is 1. The highest BCUT2D eigenvalue weighted by Crippen LogP contribution is 2.43. The summed E-state index contributed by atoms with van der Waals surface area (Å²) < 4.78 is 7.69. The van der Waals surface area contributed by atoms with Gasteiger partial charge in [0.1, 0.15) is 17.2 Å². The number of hydrogen-bond donors (Lipinski definition) is 0. The van der Waals surface area contributed by atoms with E-state index in [4.69, 9.17) is 9.72 Å². The van der Waals surface area contributed by atoms with E-state index in [0.717, 1.165) is 40.7 Å². The second-order valence-corrected chi connectivity index (χ2v) is 9.81. The van der Waals surface area contributed by atoms with E-state index < -0.39 is 11.7 Å². The number of carbonyl (C=O) groups excluding carboxylic acids is 1. The van der Waals surface area contributed by atoms with Crippen molar-refractivity contribution >= 4 is 28.8 Å². The molecular formula is C27H26N6O2. The van der Waals surface area contributed by atoms with Gasteiger partial charge in [-0.25, -0.2) is 24.6 Å². The molecule has 1 fully saturated rings. The predicted octanol–water partition coefficient (Wildman–Crippen LogP) is 5.85. The molecule has 4 aromatic rings. The second-order valence-electron chi connectivity index (χ2n) is 9.81. The minimum absolute atomic E-state index is 0.284. The highest BCUT2D eigenvalue weighted by Gasteiger charge is 2.30. The number of anilines is 2. The Morgan fingerprint density at radius 2 is 1.91 bits per heavy atom. The zero-order chi connectivity index (χ0) is 24.7. The number of amides is 1. The Morgan fingerprint density at radius 3 is 2.63 bits per heavy atom. The van der Waals surface area contributed by atoms with Crippen LogP contribution in [-0.4, -0.2) is 31.2 Å². The molecule has 5 rings (SSSR count). The average molecular weight is 467 g/mol. The van der Waals surface area contributed by atoms with Crippen molar-refractivity contribution in [1.29, 1.82) is 5.26 Å². The van der Waals surface area contributed by atoms with Crippen molar-refractivity contribution in [2.24, 2.45) is 7.05 Å². The topological polar surface area (TPSA) is 96.9 Å². The van der Waals surface area contributed by atoms with Crippen molar-refractivity contribution in [2.75, 3.05) is 4.90 Å². The fourth-order valence-electron chi connectivity index (χ4n) is 3.96. The molecule has 0 radical (unpaired) electrons. The smallest absolute Gasteiger partial charge is 0.421 e. The van der Waals surface area contributed by atoms with Gasteiger partial charge < -0.3 is 9.30 Å². The van der Waals surface area contributed by atoms with Gasteiger partial charge in [0, 0.05) is 18.8 Å². The molecule has 0 bridgehead atoms. The van der Waals surface area contributed by atoms with E-state index in [0.29, 0.717) is 17.3 Å². The lowest BCUT2D eigenvalue weighted by Gasteiger charge is -2.27. The number of carbonyl (C=O) groups is 1. The quantitative estimate of drug-likeness (QED) is 0.374. The molecule has 8 heteroatoms. The Balaban J connectivity index is 1.67. The summed E-state index contributed by atoms with van der Waals surface area (Å²) in [5, 5.41) is 9.41. The molecule has 0 spiro atoms. The summed E-state index contributed by atoms with van der Waals surface area (Å²) in [6.45, 7) is 5.43. The molecule has 1 aliphatic rings. The average Bonchev–Trinajstić information content (AvgIpc) is 3.61. The first-order valence-electron chi connectivity index (χ1n) is 11.5. The lowest BCUT2D eigenvalue weighted by atomic mass is 10.1. The molecule has 0 unspecified atom stereocenters. The van der Waals surface area contributed by atoms with Crippen molar-refractivity contribution in [2.45, 2.75) is 45.1 Å². The minimum atomic E-state index is -0.719. The van der Waals surface area contributed by atoms with Crippen LogP contribution in [0, 0.1) is 11.3 Å². The summed E-state index contributed by atoms with van der Waals surface area (Å²) in [6, 6.07) is 15.3. The molecule has 0 saturated heterocycles. The van der Waals surface area contributed by atoms with Crippen LogP contribution in [-0.2, 0) is 11.8 Å². The number of nitrogens with zero attached hydrogens (tertiary/aromatic N) is 6. The zero-order valence-electron chi connectivity index (χ0n) is 20.2. The van der Waals surface area contributed by atoms with E-state index in [9.17, 15) is 10.1 Å². The number of rotatable bonds is 4. The molecule has 1 aliphatic carbocycles. The van der Waals surface area contributed by atoms with E-state index in [1.165, 1.54) is 11.1 Å². The SMILES string of the molecule is Cn1cnc2ccc(-c3cc(C4CC4)cc(N(C(=O)OC(C)(C)C)c4cc(C#N)ccn4)n3)cc21. The predicted molar refractivity (Wildman–Crippen MR) is 133 cm³/mol. The highest BCUT2D eigenvalue weighted by molar-refractivity contribution is 5.95. The Morgan fingerprint density at radius 1 is 1.11 bits per heavy atom. The Labute approximate surface area is 203 Å². The first-order valence-corrected chi connectivity index (χ1v) is 11.5. The molecule has 3 aromatic heterocycles. The van der Waals surface area contributed by atoms with Crippen molar-refractivity contribution < 1.29 is 9.53 Å². The number of hydrogen-bond acceptors (Lipinski definition) is 6. The maximum atomic E-state index is 13.4. The van der Waals surface area contributed by atoms with E-state index in [1.54, 1.807) is 18.5 Å². The summed E-state index contributed by atoms with van der Waals surface area (Å²) in [5.41, 5.74) is 4.36. The fraction of sp³-hybridized carbons (Fsp3) is 0.296. The van der Waals surface area contributed by atoms with Gasteiger partial charge in [-0.05, 0) is 81.5 Å². The van der Waals surface area contributed by atoms with Crippen molar-refractivity contribution in [3.63, 3.8) is 0 Å². The van der Waals surface area contributed by atoms with Crippen LogP contribution in [0.15, 0.2) is 55.0 Å². The molecule has 1 amide bonds. The second kappa shape index (κ2) is 8.51. The van der Waals surface area contributed by atoms with E-state index in [2.05, 4.69) is 28.2 Å². The van der Waals surface area contributed by atoms with Crippen LogP contribution in [0.4, 0.5) is 16.4 Å². The number of fused-ring (bicyclic) bond motifs is 1. The fourth-order valence-corrected chi connectivity index (χ4v) is 3.96. The van der Waals surface area contributed by atoms with Gasteiger partial charge in [-0.15, -0.1) is 0 Å². The van der Waals surface area contributed by atoms with Crippen LogP contribution in [0.3, 0.4) is 0 Å². The summed E-state index contributed by atoms with van der Waals surface area (Å²) in [4.78, 5) is 28.4. The summed E-state index contributed by atoms with van der Waals surface area (Å²) in [6.07, 6.45) is 4.88. The third kappa shape index (κ3) is 4.71. The Kier molecular flexibility index (Phi) is 5.48. The van der Waals surface area contributed by atoms with Gasteiger partial charge in [0.05, 0.1) is 34.7 Å². The van der Waals surface area contributed by atoms with Crippen molar-refractivity contribution in [3.8, 4) is 17.3 Å². The number of ether oxygens (including phenoxy) is 1. The molecule has 0 aliphatic heterocycles. The largest absolute Gasteiger partial charge is 0.443 e. The van der Waals surface area contributed by atoms with Gasteiger partial charge in [0.25, 0.3) is 0 Å². The number of aryl methyl sites for hydroxylation is 1. The maximum Gasteiger partial charge on any atom is 0.421 e. The first-order chi connectivity index (χ1) is 16.7. The third-order valence-electron chi connectivity index (χ3n) is 5.81. The number of imidazole rings is 1. The third-order valence-corrected chi connectivity index (χ3v) is 5.81. The molecule has 3 heterocycles. The lowest BCUT2D eigenvalue weighted by molar-refractivity contribution is 0.0597. The molecule has 35 heavy (non-hydrogen) atoms. The van der Waals surface area contributed by atoms with Crippen LogP contribution < -0.4 is 4.90 Å². The van der Waals surface area contributed by atoms with E-state index in [-0.39, 0.29) is 5.82 Å². The van der Waals surface area contributed by atoms with Crippen LogP contribution in [0.2, 0.25) is 0 Å². The molecule has 0 atom stereocenters. The summed E-state index contributed by atoms with van der Waals surface area (Å²) >= 11 is 0. The molecule has 176 valence electrons. The first kappa shape index (κ1) is 22.5.